The van der Waals surface area contributed by atoms with E-state index in [1.807, 2.05) is 36.7 Å². The van der Waals surface area contributed by atoms with Gasteiger partial charge >= 0.3 is 5.97 Å². The van der Waals surface area contributed by atoms with E-state index in [1.165, 1.54) is 0 Å². The first-order valence-electron chi connectivity index (χ1n) is 8.11. The Morgan fingerprint density at radius 1 is 1.12 bits per heavy atom. The van der Waals surface area contributed by atoms with Crippen LogP contribution >= 0.6 is 0 Å². The number of rotatable bonds is 8. The van der Waals surface area contributed by atoms with Gasteiger partial charge in [0.1, 0.15) is 0 Å². The summed E-state index contributed by atoms with van der Waals surface area (Å²) in [5.41, 5.74) is 3.53. The fourth-order valence-electron chi connectivity index (χ4n) is 2.53. The predicted molar refractivity (Wildman–Crippen MR) is 91.5 cm³/mol. The highest BCUT2D eigenvalue weighted by Gasteiger charge is 2.07. The van der Waals surface area contributed by atoms with Crippen molar-refractivity contribution in [1.82, 2.24) is 15.1 Å². The molecule has 1 aromatic carbocycles. The number of amides is 1. The van der Waals surface area contributed by atoms with Crippen LogP contribution in [0.25, 0.3) is 5.69 Å². The molecule has 0 saturated heterocycles. The maximum atomic E-state index is 12.1. The highest BCUT2D eigenvalue weighted by Crippen LogP contribution is 2.13. The number of aromatic nitrogens is 2. The van der Waals surface area contributed by atoms with Crippen molar-refractivity contribution in [1.29, 1.82) is 0 Å². The van der Waals surface area contributed by atoms with Crippen LogP contribution in [0.5, 0.6) is 0 Å². The van der Waals surface area contributed by atoms with E-state index < -0.39 is 5.97 Å². The van der Waals surface area contributed by atoms with Gasteiger partial charge < -0.3 is 10.4 Å². The normalized spacial score (nSPS) is 10.6. The average molecular weight is 329 g/mol. The quantitative estimate of drug-likeness (QED) is 0.729. The standard InChI is InChI=1S/C18H23N3O3/c1-13-12-14(2)21(20-13)16-9-7-15(8-10-16)18(24)19-11-5-3-4-6-17(22)23/h7-10,12H,3-6,11H2,1-2H3,(H,19,24)(H,22,23). The van der Waals surface area contributed by atoms with Gasteiger partial charge in [0.05, 0.1) is 11.4 Å². The predicted octanol–water partition coefficient (Wildman–Crippen LogP) is 2.86. The van der Waals surface area contributed by atoms with Crippen LogP contribution in [0, 0.1) is 13.8 Å². The number of carbonyl (C=O) groups excluding carboxylic acids is 1. The van der Waals surface area contributed by atoms with Crippen LogP contribution in [0.2, 0.25) is 0 Å². The summed E-state index contributed by atoms with van der Waals surface area (Å²) >= 11 is 0. The molecule has 0 aliphatic carbocycles. The van der Waals surface area contributed by atoms with Crippen molar-refractivity contribution < 1.29 is 14.7 Å². The fraction of sp³-hybridized carbons (Fsp3) is 0.389. The van der Waals surface area contributed by atoms with E-state index in [2.05, 4.69) is 10.4 Å². The van der Waals surface area contributed by atoms with Crippen molar-refractivity contribution in [2.24, 2.45) is 0 Å². The molecule has 2 aromatic rings. The summed E-state index contributed by atoms with van der Waals surface area (Å²) in [4.78, 5) is 22.5. The highest BCUT2D eigenvalue weighted by atomic mass is 16.4. The first-order valence-corrected chi connectivity index (χ1v) is 8.11. The molecule has 24 heavy (non-hydrogen) atoms. The molecule has 1 amide bonds. The van der Waals surface area contributed by atoms with Crippen molar-refractivity contribution in [2.75, 3.05) is 6.54 Å². The Morgan fingerprint density at radius 3 is 2.42 bits per heavy atom. The number of carboxylic acid groups (broad SMARTS) is 1. The number of hydrogen-bond donors (Lipinski definition) is 2. The summed E-state index contributed by atoms with van der Waals surface area (Å²) in [6.07, 6.45) is 2.40. The second-order valence-electron chi connectivity index (χ2n) is 5.85. The number of unbranched alkanes of at least 4 members (excludes halogenated alkanes) is 2. The molecule has 128 valence electrons. The van der Waals surface area contributed by atoms with Crippen LogP contribution in [0.1, 0.15) is 47.4 Å². The highest BCUT2D eigenvalue weighted by molar-refractivity contribution is 5.94. The maximum absolute atomic E-state index is 12.1. The van der Waals surface area contributed by atoms with Crippen LogP contribution in [0.4, 0.5) is 0 Å². The lowest BCUT2D eigenvalue weighted by Crippen LogP contribution is -2.24. The van der Waals surface area contributed by atoms with Crippen molar-refractivity contribution in [2.45, 2.75) is 39.5 Å². The van der Waals surface area contributed by atoms with Gasteiger partial charge in [-0.2, -0.15) is 5.10 Å². The van der Waals surface area contributed by atoms with Crippen LogP contribution in [-0.2, 0) is 4.79 Å². The second-order valence-corrected chi connectivity index (χ2v) is 5.85. The summed E-state index contributed by atoms with van der Waals surface area (Å²) in [6.45, 7) is 4.49. The molecule has 0 radical (unpaired) electrons. The van der Waals surface area contributed by atoms with E-state index >= 15 is 0 Å². The minimum absolute atomic E-state index is 0.117. The zero-order valence-corrected chi connectivity index (χ0v) is 14.1. The van der Waals surface area contributed by atoms with Gasteiger partial charge in [-0.1, -0.05) is 6.42 Å². The Bertz CT molecular complexity index is 705. The third-order valence-electron chi connectivity index (χ3n) is 3.74. The number of carbonyl (C=O) groups is 2. The molecule has 1 aromatic heterocycles. The lowest BCUT2D eigenvalue weighted by atomic mass is 10.1. The summed E-state index contributed by atoms with van der Waals surface area (Å²) < 4.78 is 1.85. The molecular weight excluding hydrogens is 306 g/mol. The Morgan fingerprint density at radius 2 is 1.83 bits per heavy atom. The first kappa shape index (κ1) is 17.7. The Balaban J connectivity index is 1.83. The molecule has 1 heterocycles. The van der Waals surface area contributed by atoms with Gasteiger partial charge in [0.2, 0.25) is 0 Å². The monoisotopic (exact) mass is 329 g/mol. The van der Waals surface area contributed by atoms with Gasteiger partial charge in [-0.15, -0.1) is 0 Å². The number of aryl methyl sites for hydroxylation is 2. The zero-order valence-electron chi connectivity index (χ0n) is 14.1. The molecule has 2 rings (SSSR count). The maximum Gasteiger partial charge on any atom is 0.303 e. The lowest BCUT2D eigenvalue weighted by Gasteiger charge is -2.07. The van der Waals surface area contributed by atoms with E-state index in [1.54, 1.807) is 12.1 Å². The number of benzene rings is 1. The van der Waals surface area contributed by atoms with Gasteiger partial charge in [-0.25, -0.2) is 4.68 Å². The number of nitrogens with one attached hydrogen (secondary N) is 1. The fourth-order valence-corrected chi connectivity index (χ4v) is 2.53. The third-order valence-corrected chi connectivity index (χ3v) is 3.74. The smallest absolute Gasteiger partial charge is 0.303 e. The van der Waals surface area contributed by atoms with E-state index in [-0.39, 0.29) is 12.3 Å². The van der Waals surface area contributed by atoms with Crippen LogP contribution in [0.3, 0.4) is 0 Å². The molecule has 2 N–H and O–H groups in total. The number of hydrogen-bond acceptors (Lipinski definition) is 3. The molecule has 0 aliphatic heterocycles. The van der Waals surface area contributed by atoms with Gasteiger partial charge in [0.25, 0.3) is 5.91 Å². The Hall–Kier alpha value is -2.63. The number of aliphatic carboxylic acids is 1. The summed E-state index contributed by atoms with van der Waals surface area (Å²) in [5, 5.41) is 15.8. The van der Waals surface area contributed by atoms with Gasteiger partial charge in [-0.05, 0) is 57.0 Å². The van der Waals surface area contributed by atoms with Crippen molar-refractivity contribution in [3.05, 3.63) is 47.3 Å². The Kier molecular flexibility index (Phi) is 6.12. The topological polar surface area (TPSA) is 84.2 Å². The number of nitrogens with zero attached hydrogens (tertiary/aromatic N) is 2. The molecule has 0 spiro atoms. The molecular formula is C18H23N3O3. The SMILES string of the molecule is Cc1cc(C)n(-c2ccc(C(=O)NCCCCCC(=O)O)cc2)n1. The van der Waals surface area contributed by atoms with Gasteiger partial charge in [0.15, 0.2) is 0 Å². The van der Waals surface area contributed by atoms with Crippen LogP contribution in [-0.4, -0.2) is 33.3 Å². The first-order chi connectivity index (χ1) is 11.5. The molecule has 0 bridgehead atoms. The van der Waals surface area contributed by atoms with Crippen LogP contribution < -0.4 is 5.32 Å². The van der Waals surface area contributed by atoms with Crippen molar-refractivity contribution in [3.8, 4) is 5.69 Å². The van der Waals surface area contributed by atoms with E-state index in [0.29, 0.717) is 18.5 Å². The Labute approximate surface area is 141 Å². The minimum atomic E-state index is -0.776. The van der Waals surface area contributed by atoms with Crippen molar-refractivity contribution >= 4 is 11.9 Å². The van der Waals surface area contributed by atoms with E-state index in [9.17, 15) is 9.59 Å². The lowest BCUT2D eigenvalue weighted by molar-refractivity contribution is -0.137. The molecule has 6 heteroatoms. The van der Waals surface area contributed by atoms with Gasteiger partial charge in [0, 0.05) is 24.2 Å². The molecule has 0 aliphatic rings. The minimum Gasteiger partial charge on any atom is -0.481 e. The molecule has 0 unspecified atom stereocenters. The molecule has 0 saturated carbocycles. The number of carboxylic acids is 1. The van der Waals surface area contributed by atoms with Crippen molar-refractivity contribution in [3.63, 3.8) is 0 Å². The summed E-state index contributed by atoms with van der Waals surface area (Å²) in [5.74, 6) is -0.894. The van der Waals surface area contributed by atoms with E-state index in [0.717, 1.165) is 29.9 Å². The van der Waals surface area contributed by atoms with E-state index in [4.69, 9.17) is 5.11 Å². The largest absolute Gasteiger partial charge is 0.481 e. The van der Waals surface area contributed by atoms with Crippen LogP contribution in [0.15, 0.2) is 30.3 Å². The summed E-state index contributed by atoms with van der Waals surface area (Å²) in [6, 6.07) is 9.32. The average Bonchev–Trinajstić information content (AvgIpc) is 2.89. The zero-order chi connectivity index (χ0) is 17.5. The summed E-state index contributed by atoms with van der Waals surface area (Å²) in [7, 11) is 0. The molecule has 6 nitrogen and oxygen atoms in total. The molecule has 0 atom stereocenters. The van der Waals surface area contributed by atoms with Gasteiger partial charge in [-0.3, -0.25) is 9.59 Å². The second kappa shape index (κ2) is 8.29. The third kappa shape index (κ3) is 4.94. The molecule has 0 fully saturated rings.